The van der Waals surface area contributed by atoms with Crippen LogP contribution in [0.25, 0.3) is 54.7 Å². The Bertz CT molecular complexity index is 1960. The fraction of sp³-hybridized carbons (Fsp3) is 0.216. The van der Waals surface area contributed by atoms with Crippen LogP contribution in [0, 0.1) is 19.3 Å². The van der Waals surface area contributed by atoms with Gasteiger partial charge in [-0.3, -0.25) is 0 Å². The molecule has 5 aromatic carbocycles. The topological polar surface area (TPSA) is 13.1 Å². The molecule has 0 fully saturated rings. The summed E-state index contributed by atoms with van der Waals surface area (Å²) < 4.78 is 9.30. The smallest absolute Gasteiger partial charge is 0.228 e. The zero-order chi connectivity index (χ0) is 27.1. The minimum absolute atomic E-state index is 0.121. The normalized spacial score (nSPS) is 12.7. The van der Waals surface area contributed by atoms with Crippen LogP contribution in [-0.4, -0.2) is 0 Å². The van der Waals surface area contributed by atoms with Gasteiger partial charge < -0.3 is 4.74 Å². The van der Waals surface area contributed by atoms with Gasteiger partial charge in [0.1, 0.15) is 18.5 Å². The lowest BCUT2D eigenvalue weighted by Gasteiger charge is -2.28. The van der Waals surface area contributed by atoms with Crippen molar-refractivity contribution in [3.05, 3.63) is 102 Å². The number of hydrogen-bond acceptors (Lipinski definition) is 1. The highest BCUT2D eigenvalue weighted by molar-refractivity contribution is 6.17. The molecule has 1 aliphatic heterocycles. The van der Waals surface area contributed by atoms with Gasteiger partial charge in [-0.25, -0.2) is 4.57 Å². The predicted molar refractivity (Wildman–Crippen MR) is 164 cm³/mol. The van der Waals surface area contributed by atoms with Crippen LogP contribution < -0.4 is 9.30 Å². The number of fused-ring (bicyclic) bond motifs is 5. The van der Waals surface area contributed by atoms with Crippen molar-refractivity contribution in [3.8, 4) is 33.9 Å². The average molecular weight is 509 g/mol. The first-order chi connectivity index (χ1) is 18.7. The Morgan fingerprint density at radius 3 is 2.31 bits per heavy atom. The first-order valence-electron chi connectivity index (χ1n) is 13.9. The molecule has 0 atom stereocenters. The maximum atomic E-state index is 7.01. The second-order valence-corrected chi connectivity index (χ2v) is 12.4. The molecule has 2 heteroatoms. The van der Waals surface area contributed by atoms with Crippen molar-refractivity contribution >= 4 is 32.3 Å². The highest BCUT2D eigenvalue weighted by atomic mass is 16.5. The maximum absolute atomic E-state index is 7.01. The third-order valence-electron chi connectivity index (χ3n) is 8.24. The minimum atomic E-state index is 0.121. The van der Waals surface area contributed by atoms with Crippen molar-refractivity contribution in [2.75, 3.05) is 0 Å². The van der Waals surface area contributed by atoms with Crippen LogP contribution in [-0.2, 0) is 13.5 Å². The number of nitrogens with zero attached hydrogens (tertiary/aromatic N) is 1. The Morgan fingerprint density at radius 2 is 1.54 bits per heavy atom. The number of aryl methyl sites for hydroxylation is 3. The standard InChI is InChI=1S/C37H34NO/c1-22-12-15-27-29(18-22)23(2)33-35-34-28(16-17-38(35)6)30-19-25(24-10-8-7-9-11-24)13-14-26(30)20-32(34)39-36(33)31(27)21-37(3,4)5/h7-20H,21H2,1-6H3/q+1. The Labute approximate surface area is 230 Å². The molecule has 1 aromatic heterocycles. The summed E-state index contributed by atoms with van der Waals surface area (Å²) in [6.45, 7) is 11.4. The molecular formula is C37H34NO+. The van der Waals surface area contributed by atoms with E-state index in [1.54, 1.807) is 0 Å². The monoisotopic (exact) mass is 508 g/mol. The minimum Gasteiger partial charge on any atom is -0.455 e. The Kier molecular flexibility index (Phi) is 5.16. The number of hydrogen-bond donors (Lipinski definition) is 0. The van der Waals surface area contributed by atoms with Crippen LogP contribution in [0.4, 0.5) is 0 Å². The summed E-state index contributed by atoms with van der Waals surface area (Å²) in [5.74, 6) is 1.97. The molecule has 7 rings (SSSR count). The lowest BCUT2D eigenvalue weighted by molar-refractivity contribution is -0.659. The average Bonchev–Trinajstić information content (AvgIpc) is 2.91. The van der Waals surface area contributed by atoms with Crippen molar-refractivity contribution < 1.29 is 9.30 Å². The lowest BCUT2D eigenvalue weighted by Crippen LogP contribution is -2.32. The van der Waals surface area contributed by atoms with E-state index in [4.69, 9.17) is 4.74 Å². The van der Waals surface area contributed by atoms with Gasteiger partial charge in [0, 0.05) is 17.0 Å². The Morgan fingerprint density at radius 1 is 0.744 bits per heavy atom. The van der Waals surface area contributed by atoms with Gasteiger partial charge in [-0.05, 0) is 76.1 Å². The number of ether oxygens (including phenoxy) is 1. The summed E-state index contributed by atoms with van der Waals surface area (Å²) in [4.78, 5) is 0. The quantitative estimate of drug-likeness (QED) is 0.167. The summed E-state index contributed by atoms with van der Waals surface area (Å²) in [5, 5.41) is 7.52. The highest BCUT2D eigenvalue weighted by Crippen LogP contribution is 2.53. The van der Waals surface area contributed by atoms with Crippen LogP contribution in [0.15, 0.2) is 85.1 Å². The molecule has 2 heterocycles. The van der Waals surface area contributed by atoms with Gasteiger partial charge in [-0.2, -0.15) is 0 Å². The SMILES string of the molecule is Cc1ccc2c(CC(C)(C)C)c3c(c(C)c2c1)-c1c2c(cc4ccc(-c5ccccc5)cc4c2cc[n+]1C)O3. The van der Waals surface area contributed by atoms with E-state index in [0.29, 0.717) is 0 Å². The van der Waals surface area contributed by atoms with Crippen molar-refractivity contribution in [2.45, 2.75) is 41.0 Å². The summed E-state index contributed by atoms with van der Waals surface area (Å²) in [5.41, 5.74) is 8.93. The molecule has 0 bridgehead atoms. The molecule has 0 saturated carbocycles. The summed E-state index contributed by atoms with van der Waals surface area (Å²) in [6, 6.07) is 28.8. The highest BCUT2D eigenvalue weighted by Gasteiger charge is 2.34. The summed E-state index contributed by atoms with van der Waals surface area (Å²) in [6.07, 6.45) is 3.16. The second kappa shape index (κ2) is 8.41. The van der Waals surface area contributed by atoms with Crippen molar-refractivity contribution in [1.29, 1.82) is 0 Å². The fourth-order valence-electron chi connectivity index (χ4n) is 6.47. The molecule has 0 aliphatic carbocycles. The molecule has 0 saturated heterocycles. The van der Waals surface area contributed by atoms with E-state index in [2.05, 4.69) is 131 Å². The fourth-order valence-corrected chi connectivity index (χ4v) is 6.47. The molecule has 0 amide bonds. The molecule has 39 heavy (non-hydrogen) atoms. The molecule has 0 N–H and O–H groups in total. The van der Waals surface area contributed by atoms with Crippen molar-refractivity contribution in [3.63, 3.8) is 0 Å². The zero-order valence-electron chi connectivity index (χ0n) is 23.6. The molecule has 192 valence electrons. The number of pyridine rings is 1. The van der Waals surface area contributed by atoms with Crippen LogP contribution >= 0.6 is 0 Å². The molecule has 2 nitrogen and oxygen atoms in total. The summed E-state index contributed by atoms with van der Waals surface area (Å²) >= 11 is 0. The van der Waals surface area contributed by atoms with Crippen LogP contribution in [0.5, 0.6) is 11.5 Å². The van der Waals surface area contributed by atoms with Crippen LogP contribution in [0.2, 0.25) is 0 Å². The molecular weight excluding hydrogens is 474 g/mol. The molecule has 0 radical (unpaired) electrons. The van der Waals surface area contributed by atoms with Crippen LogP contribution in [0.3, 0.4) is 0 Å². The van der Waals surface area contributed by atoms with Gasteiger partial charge in [0.2, 0.25) is 5.69 Å². The maximum Gasteiger partial charge on any atom is 0.228 e. The van der Waals surface area contributed by atoms with Gasteiger partial charge in [0.15, 0.2) is 6.20 Å². The summed E-state index contributed by atoms with van der Waals surface area (Å²) in [7, 11) is 2.17. The predicted octanol–water partition coefficient (Wildman–Crippen LogP) is 9.62. The Hall–Kier alpha value is -4.17. The van der Waals surface area contributed by atoms with Gasteiger partial charge in [0.25, 0.3) is 0 Å². The first kappa shape index (κ1) is 23.9. The first-order valence-corrected chi connectivity index (χ1v) is 13.9. The van der Waals surface area contributed by atoms with E-state index in [-0.39, 0.29) is 5.41 Å². The van der Waals surface area contributed by atoms with Gasteiger partial charge in [-0.15, -0.1) is 0 Å². The number of benzene rings is 5. The van der Waals surface area contributed by atoms with Crippen molar-refractivity contribution in [1.82, 2.24) is 0 Å². The van der Waals surface area contributed by atoms with E-state index in [1.807, 2.05) is 0 Å². The van der Waals surface area contributed by atoms with Gasteiger partial charge >= 0.3 is 0 Å². The molecule has 1 aliphatic rings. The zero-order valence-corrected chi connectivity index (χ0v) is 23.6. The molecule has 0 spiro atoms. The van der Waals surface area contributed by atoms with Crippen LogP contribution in [0.1, 0.15) is 37.5 Å². The second-order valence-electron chi connectivity index (χ2n) is 12.4. The van der Waals surface area contributed by atoms with E-state index < -0.39 is 0 Å². The number of rotatable bonds is 2. The third-order valence-corrected chi connectivity index (χ3v) is 8.24. The lowest BCUT2D eigenvalue weighted by atomic mass is 9.81. The van der Waals surface area contributed by atoms with E-state index in [0.717, 1.165) is 17.9 Å². The van der Waals surface area contributed by atoms with Gasteiger partial charge in [0.05, 0.1) is 10.9 Å². The molecule has 0 unspecified atom stereocenters. The van der Waals surface area contributed by atoms with E-state index in [9.17, 15) is 0 Å². The van der Waals surface area contributed by atoms with Crippen molar-refractivity contribution in [2.24, 2.45) is 12.5 Å². The van der Waals surface area contributed by atoms with E-state index in [1.165, 1.54) is 71.4 Å². The molecule has 6 aromatic rings. The van der Waals surface area contributed by atoms with Gasteiger partial charge in [-0.1, -0.05) is 87.0 Å². The third kappa shape index (κ3) is 3.73. The number of aromatic nitrogens is 1. The largest absolute Gasteiger partial charge is 0.455 e. The van der Waals surface area contributed by atoms with E-state index >= 15 is 0 Å². The Balaban J connectivity index is 1.60.